The Labute approximate surface area is 186 Å². The van der Waals surface area contributed by atoms with Crippen LogP contribution in [-0.4, -0.2) is 43.2 Å². The molecule has 0 aliphatic rings. The monoisotopic (exact) mass is 435 g/mol. The molecule has 0 spiro atoms. The van der Waals surface area contributed by atoms with E-state index in [1.165, 1.54) is 19.2 Å². The molecule has 0 aliphatic carbocycles. The van der Waals surface area contributed by atoms with Gasteiger partial charge in [0.05, 0.1) is 19.3 Å². The number of nitriles is 1. The molecule has 32 heavy (non-hydrogen) atoms. The first-order valence-corrected chi connectivity index (χ1v) is 10.2. The molecular weight excluding hydrogens is 409 g/mol. The molecule has 0 fully saturated rings. The van der Waals surface area contributed by atoms with E-state index in [1.54, 1.807) is 37.1 Å². The third-order valence-electron chi connectivity index (χ3n) is 5.90. The zero-order valence-corrected chi connectivity index (χ0v) is 18.4. The minimum absolute atomic E-state index is 0.127. The van der Waals surface area contributed by atoms with Gasteiger partial charge >= 0.3 is 0 Å². The zero-order chi connectivity index (χ0) is 23.3. The van der Waals surface area contributed by atoms with Gasteiger partial charge in [-0.1, -0.05) is 36.4 Å². The molecule has 3 aromatic rings. The van der Waals surface area contributed by atoms with Crippen molar-refractivity contribution in [3.05, 3.63) is 77.1 Å². The lowest BCUT2D eigenvalue weighted by molar-refractivity contribution is -0.133. The first-order chi connectivity index (χ1) is 15.4. The normalized spacial score (nSPS) is 12.9. The Morgan fingerprint density at radius 3 is 2.56 bits per heavy atom. The van der Waals surface area contributed by atoms with Gasteiger partial charge < -0.3 is 15.2 Å². The maximum Gasteiger partial charge on any atom is 0.245 e. The van der Waals surface area contributed by atoms with Gasteiger partial charge in [-0.3, -0.25) is 9.69 Å². The van der Waals surface area contributed by atoms with Gasteiger partial charge in [-0.05, 0) is 48.5 Å². The lowest BCUT2D eigenvalue weighted by atomic mass is 9.89. The molecule has 166 valence electrons. The van der Waals surface area contributed by atoms with Crippen molar-refractivity contribution in [2.24, 2.45) is 0 Å². The van der Waals surface area contributed by atoms with Gasteiger partial charge in [-0.15, -0.1) is 0 Å². The SMILES string of the molecule is COc1c(C#N)cc2ccccc2c1CNC(=O)C(C)(c1ccc(F)cc1)N(C)CCO. The lowest BCUT2D eigenvalue weighted by Gasteiger charge is -2.37. The molecule has 1 atom stereocenters. The molecule has 6 nitrogen and oxygen atoms in total. The van der Waals surface area contributed by atoms with Crippen molar-refractivity contribution in [1.29, 1.82) is 5.26 Å². The quantitative estimate of drug-likeness (QED) is 0.567. The summed E-state index contributed by atoms with van der Waals surface area (Å²) in [6.45, 7) is 1.97. The molecule has 0 aliphatic heterocycles. The third-order valence-corrected chi connectivity index (χ3v) is 5.90. The average Bonchev–Trinajstić information content (AvgIpc) is 2.81. The molecule has 3 aromatic carbocycles. The van der Waals surface area contributed by atoms with E-state index in [1.807, 2.05) is 24.3 Å². The Bertz CT molecular complexity index is 1160. The Morgan fingerprint density at radius 1 is 1.25 bits per heavy atom. The van der Waals surface area contributed by atoms with Crippen LogP contribution in [-0.2, 0) is 16.9 Å². The van der Waals surface area contributed by atoms with E-state index < -0.39 is 11.4 Å². The summed E-state index contributed by atoms with van der Waals surface area (Å²) in [6, 6.07) is 17.2. The summed E-state index contributed by atoms with van der Waals surface area (Å²) in [4.78, 5) is 15.2. The molecule has 7 heteroatoms. The van der Waals surface area contributed by atoms with Crippen molar-refractivity contribution in [3.8, 4) is 11.8 Å². The van der Waals surface area contributed by atoms with Crippen LogP contribution in [0.15, 0.2) is 54.6 Å². The van der Waals surface area contributed by atoms with Gasteiger partial charge in [0.2, 0.25) is 5.91 Å². The van der Waals surface area contributed by atoms with Crippen molar-refractivity contribution in [3.63, 3.8) is 0 Å². The molecule has 1 unspecified atom stereocenters. The average molecular weight is 435 g/mol. The van der Waals surface area contributed by atoms with E-state index in [9.17, 15) is 19.6 Å². The number of rotatable bonds is 8. The summed E-state index contributed by atoms with van der Waals surface area (Å²) in [5.41, 5.74) is 0.512. The minimum atomic E-state index is -1.16. The molecule has 0 aromatic heterocycles. The van der Waals surface area contributed by atoms with Crippen molar-refractivity contribution < 1.29 is 19.0 Å². The van der Waals surface area contributed by atoms with Gasteiger partial charge in [-0.25, -0.2) is 4.39 Å². The van der Waals surface area contributed by atoms with E-state index in [-0.39, 0.29) is 25.6 Å². The Balaban J connectivity index is 2.01. The fourth-order valence-corrected chi connectivity index (χ4v) is 3.91. The summed E-state index contributed by atoms with van der Waals surface area (Å²) in [5, 5.41) is 23.7. The number of halogens is 1. The first kappa shape index (κ1) is 23.2. The van der Waals surface area contributed by atoms with E-state index >= 15 is 0 Å². The Kier molecular flexibility index (Phi) is 7.08. The number of fused-ring (bicyclic) bond motifs is 1. The molecular formula is C25H26FN3O3. The number of carbonyl (C=O) groups excluding carboxylic acids is 1. The van der Waals surface area contributed by atoms with Crippen LogP contribution in [0.5, 0.6) is 5.75 Å². The number of methoxy groups -OCH3 is 1. The van der Waals surface area contributed by atoms with Crippen LogP contribution in [0.2, 0.25) is 0 Å². The number of hydrogen-bond donors (Lipinski definition) is 2. The lowest BCUT2D eigenvalue weighted by Crippen LogP contribution is -2.53. The van der Waals surface area contributed by atoms with Crippen LogP contribution in [0.1, 0.15) is 23.6 Å². The van der Waals surface area contributed by atoms with Crippen LogP contribution < -0.4 is 10.1 Å². The number of likely N-dealkylation sites (N-methyl/N-ethyl adjacent to an activating group) is 1. The van der Waals surface area contributed by atoms with Gasteiger partial charge in [0.25, 0.3) is 0 Å². The van der Waals surface area contributed by atoms with Crippen LogP contribution >= 0.6 is 0 Å². The second-order valence-corrected chi connectivity index (χ2v) is 7.68. The van der Waals surface area contributed by atoms with E-state index in [2.05, 4.69) is 11.4 Å². The number of carbonyl (C=O) groups is 1. The molecule has 2 N–H and O–H groups in total. The number of hydrogen-bond acceptors (Lipinski definition) is 5. The Hall–Kier alpha value is -3.47. The molecule has 0 saturated heterocycles. The number of nitrogens with zero attached hydrogens (tertiary/aromatic N) is 2. The van der Waals surface area contributed by atoms with Crippen molar-refractivity contribution in [2.75, 3.05) is 27.3 Å². The number of aliphatic hydroxyl groups excluding tert-OH is 1. The van der Waals surface area contributed by atoms with Gasteiger partial charge in [0, 0.05) is 18.7 Å². The molecule has 0 radical (unpaired) electrons. The molecule has 0 heterocycles. The standard InChI is InChI=1S/C25H26FN3O3/c1-25(29(2)12-13-30,19-8-10-20(26)11-9-19)24(31)28-16-22-21-7-5-4-6-17(21)14-18(15-27)23(22)32-3/h4-11,14,30H,12-13,16H2,1-3H3,(H,28,31). The number of nitrogens with one attached hydrogen (secondary N) is 1. The number of aliphatic hydroxyl groups is 1. The van der Waals surface area contributed by atoms with Crippen LogP contribution in [0.4, 0.5) is 4.39 Å². The van der Waals surface area contributed by atoms with E-state index in [4.69, 9.17) is 4.74 Å². The Morgan fingerprint density at radius 2 is 1.94 bits per heavy atom. The largest absolute Gasteiger partial charge is 0.495 e. The summed E-state index contributed by atoms with van der Waals surface area (Å²) in [7, 11) is 3.22. The second-order valence-electron chi connectivity index (χ2n) is 7.68. The predicted molar refractivity (Wildman–Crippen MR) is 121 cm³/mol. The molecule has 0 saturated carbocycles. The summed E-state index contributed by atoms with van der Waals surface area (Å²) in [5.74, 6) is -0.307. The number of amides is 1. The smallest absolute Gasteiger partial charge is 0.245 e. The highest BCUT2D eigenvalue weighted by Crippen LogP contribution is 2.33. The van der Waals surface area contributed by atoms with Gasteiger partial charge in [-0.2, -0.15) is 5.26 Å². The summed E-state index contributed by atoms with van der Waals surface area (Å²) < 4.78 is 19.0. The van der Waals surface area contributed by atoms with E-state index in [0.29, 0.717) is 22.4 Å². The molecule has 0 bridgehead atoms. The zero-order valence-electron chi connectivity index (χ0n) is 18.4. The fraction of sp³-hybridized carbons (Fsp3) is 0.280. The molecule has 1 amide bonds. The van der Waals surface area contributed by atoms with Gasteiger partial charge in [0.1, 0.15) is 23.2 Å². The highest BCUT2D eigenvalue weighted by Gasteiger charge is 2.39. The van der Waals surface area contributed by atoms with E-state index in [0.717, 1.165) is 10.8 Å². The highest BCUT2D eigenvalue weighted by molar-refractivity contribution is 5.91. The van der Waals surface area contributed by atoms with Crippen molar-refractivity contribution in [2.45, 2.75) is 19.0 Å². The van der Waals surface area contributed by atoms with Crippen molar-refractivity contribution >= 4 is 16.7 Å². The number of ether oxygens (including phenoxy) is 1. The van der Waals surface area contributed by atoms with Crippen LogP contribution in [0.3, 0.4) is 0 Å². The molecule has 3 rings (SSSR count). The maximum atomic E-state index is 13.5. The second kappa shape index (κ2) is 9.77. The maximum absolute atomic E-state index is 13.5. The van der Waals surface area contributed by atoms with Crippen LogP contribution in [0, 0.1) is 17.1 Å². The fourth-order valence-electron chi connectivity index (χ4n) is 3.91. The summed E-state index contributed by atoms with van der Waals surface area (Å²) in [6.07, 6.45) is 0. The minimum Gasteiger partial charge on any atom is -0.495 e. The van der Waals surface area contributed by atoms with Gasteiger partial charge in [0.15, 0.2) is 0 Å². The highest BCUT2D eigenvalue weighted by atomic mass is 19.1. The summed E-state index contributed by atoms with van der Waals surface area (Å²) >= 11 is 0. The first-order valence-electron chi connectivity index (χ1n) is 10.2. The van der Waals surface area contributed by atoms with Crippen molar-refractivity contribution in [1.82, 2.24) is 10.2 Å². The topological polar surface area (TPSA) is 85.6 Å². The predicted octanol–water partition coefficient (Wildman–Crippen LogP) is 3.31. The third kappa shape index (κ3) is 4.28. The number of benzene rings is 3. The van der Waals surface area contributed by atoms with Crippen LogP contribution in [0.25, 0.3) is 10.8 Å².